The third kappa shape index (κ3) is 5.48. The number of hydrogen-bond acceptors (Lipinski definition) is 2. The Hall–Kier alpha value is -2.03. The molecule has 3 N–H and O–H groups in total. The third-order valence-electron chi connectivity index (χ3n) is 5.55. The summed E-state index contributed by atoms with van der Waals surface area (Å²) < 4.78 is 5.21. The minimum atomic E-state index is -0.488. The van der Waals surface area contributed by atoms with E-state index >= 15 is 0 Å². The second-order valence-corrected chi connectivity index (χ2v) is 7.18. The molecule has 0 unspecified atom stereocenters. The van der Waals surface area contributed by atoms with Gasteiger partial charge in [-0.05, 0) is 37.1 Å². The summed E-state index contributed by atoms with van der Waals surface area (Å²) in [6.07, 6.45) is 7.17. The lowest BCUT2D eigenvalue weighted by Gasteiger charge is -2.31. The van der Waals surface area contributed by atoms with Crippen molar-refractivity contribution in [3.63, 3.8) is 0 Å². The van der Waals surface area contributed by atoms with Crippen LogP contribution in [0.1, 0.15) is 32.3 Å². The van der Waals surface area contributed by atoms with E-state index in [2.05, 4.69) is 23.4 Å². The first-order chi connectivity index (χ1) is 12.5. The highest BCUT2D eigenvalue weighted by Gasteiger charge is 2.29. The summed E-state index contributed by atoms with van der Waals surface area (Å²) in [5.41, 5.74) is 0.838. The maximum Gasteiger partial charge on any atom is 0.276 e. The fourth-order valence-corrected chi connectivity index (χ4v) is 3.55. The zero-order valence-corrected chi connectivity index (χ0v) is 16.4. The molecule has 1 aliphatic heterocycles. The average Bonchev–Trinajstić information content (AvgIpc) is 2.68. The first kappa shape index (κ1) is 20.3. The smallest absolute Gasteiger partial charge is 0.276 e. The minimum absolute atomic E-state index is 0.0697. The van der Waals surface area contributed by atoms with Crippen LogP contribution in [-0.2, 0) is 11.3 Å². The number of nitrogens with one attached hydrogen (secondary N) is 3. The highest BCUT2D eigenvalue weighted by Crippen LogP contribution is 2.13. The van der Waals surface area contributed by atoms with Gasteiger partial charge in [-0.15, -0.1) is 6.42 Å². The highest BCUT2D eigenvalue weighted by molar-refractivity contribution is 5.78. The van der Waals surface area contributed by atoms with Crippen molar-refractivity contribution in [2.24, 2.45) is 0 Å². The van der Waals surface area contributed by atoms with E-state index in [4.69, 9.17) is 11.2 Å². The molecule has 1 amide bonds. The van der Waals surface area contributed by atoms with Crippen LogP contribution in [0.5, 0.6) is 5.75 Å². The van der Waals surface area contributed by atoms with E-state index in [0.29, 0.717) is 6.54 Å². The molecule has 142 valence electrons. The molecule has 1 saturated heterocycles. The molecular formula is C21H33N3O2+2. The van der Waals surface area contributed by atoms with E-state index in [9.17, 15) is 4.79 Å². The SMILES string of the molecule is C#CC(CC)(CC)NC(=O)C[NH+]1CC[NH+](Cc2ccc(OC)cc2)CC1. The molecule has 2 rings (SSSR count). The summed E-state index contributed by atoms with van der Waals surface area (Å²) >= 11 is 0. The van der Waals surface area contributed by atoms with E-state index in [1.54, 1.807) is 12.0 Å². The number of rotatable bonds is 8. The molecule has 1 aliphatic rings. The molecule has 0 spiro atoms. The first-order valence-corrected chi connectivity index (χ1v) is 9.63. The molecule has 1 heterocycles. The number of benzene rings is 1. The Morgan fingerprint density at radius 3 is 2.23 bits per heavy atom. The summed E-state index contributed by atoms with van der Waals surface area (Å²) in [6.45, 7) is 9.78. The molecular weight excluding hydrogens is 326 g/mol. The number of carbonyl (C=O) groups excluding carboxylic acids is 1. The number of quaternary nitrogens is 2. The lowest BCUT2D eigenvalue weighted by Crippen LogP contribution is -3.28. The van der Waals surface area contributed by atoms with Crippen molar-refractivity contribution in [2.45, 2.75) is 38.8 Å². The molecule has 1 fully saturated rings. The molecule has 0 atom stereocenters. The van der Waals surface area contributed by atoms with Crippen molar-refractivity contribution < 1.29 is 19.3 Å². The van der Waals surface area contributed by atoms with E-state index in [-0.39, 0.29) is 5.91 Å². The summed E-state index contributed by atoms with van der Waals surface area (Å²) in [4.78, 5) is 15.3. The molecule has 1 aromatic rings. The molecule has 0 bridgehead atoms. The number of carbonyl (C=O) groups is 1. The topological polar surface area (TPSA) is 47.2 Å². The molecule has 26 heavy (non-hydrogen) atoms. The van der Waals surface area contributed by atoms with Gasteiger partial charge in [-0.25, -0.2) is 0 Å². The molecule has 0 saturated carbocycles. The monoisotopic (exact) mass is 359 g/mol. The van der Waals surface area contributed by atoms with Gasteiger partial charge in [0.2, 0.25) is 0 Å². The molecule has 1 aromatic carbocycles. The Bertz CT molecular complexity index is 609. The van der Waals surface area contributed by atoms with Gasteiger partial charge in [0.1, 0.15) is 44.0 Å². The van der Waals surface area contributed by atoms with Gasteiger partial charge >= 0.3 is 0 Å². The minimum Gasteiger partial charge on any atom is -0.497 e. The van der Waals surface area contributed by atoms with Crippen molar-refractivity contribution in [3.05, 3.63) is 29.8 Å². The van der Waals surface area contributed by atoms with Crippen molar-refractivity contribution in [1.29, 1.82) is 0 Å². The summed E-state index contributed by atoms with van der Waals surface area (Å²) in [6, 6.07) is 8.29. The number of amides is 1. The van der Waals surface area contributed by atoms with Gasteiger partial charge in [-0.2, -0.15) is 0 Å². The van der Waals surface area contributed by atoms with Crippen LogP contribution >= 0.6 is 0 Å². The maximum atomic E-state index is 12.4. The highest BCUT2D eigenvalue weighted by atomic mass is 16.5. The summed E-state index contributed by atoms with van der Waals surface area (Å²) in [7, 11) is 1.69. The molecule has 0 aromatic heterocycles. The number of piperazine rings is 1. The van der Waals surface area contributed by atoms with Crippen molar-refractivity contribution >= 4 is 5.91 Å². The van der Waals surface area contributed by atoms with Gasteiger partial charge in [-0.1, -0.05) is 19.8 Å². The molecule has 5 nitrogen and oxygen atoms in total. The van der Waals surface area contributed by atoms with Gasteiger partial charge in [0.05, 0.1) is 7.11 Å². The van der Waals surface area contributed by atoms with Gasteiger partial charge in [0.15, 0.2) is 6.54 Å². The van der Waals surface area contributed by atoms with E-state index < -0.39 is 5.54 Å². The van der Waals surface area contributed by atoms with Gasteiger partial charge in [0, 0.05) is 5.56 Å². The lowest BCUT2D eigenvalue weighted by atomic mass is 9.94. The van der Waals surface area contributed by atoms with Crippen LogP contribution in [0.2, 0.25) is 0 Å². The average molecular weight is 360 g/mol. The second kappa shape index (κ2) is 9.61. The first-order valence-electron chi connectivity index (χ1n) is 9.63. The number of hydrogen-bond donors (Lipinski definition) is 3. The second-order valence-electron chi connectivity index (χ2n) is 7.18. The normalized spacial score (nSPS) is 20.2. The fraction of sp³-hybridized carbons (Fsp3) is 0.571. The molecule has 5 heteroatoms. The number of terminal acetylenes is 1. The Morgan fingerprint density at radius 1 is 1.15 bits per heavy atom. The van der Waals surface area contributed by atoms with Crippen molar-refractivity contribution in [3.8, 4) is 18.1 Å². The quantitative estimate of drug-likeness (QED) is 0.537. The Balaban J connectivity index is 1.77. The van der Waals surface area contributed by atoms with Gasteiger partial charge < -0.3 is 19.9 Å². The van der Waals surface area contributed by atoms with E-state index in [1.807, 2.05) is 26.0 Å². The van der Waals surface area contributed by atoms with Crippen molar-refractivity contribution in [1.82, 2.24) is 5.32 Å². The predicted molar refractivity (Wildman–Crippen MR) is 103 cm³/mol. The Kier molecular flexibility index (Phi) is 7.50. The van der Waals surface area contributed by atoms with Gasteiger partial charge in [-0.3, -0.25) is 4.79 Å². The Morgan fingerprint density at radius 2 is 1.73 bits per heavy atom. The largest absolute Gasteiger partial charge is 0.497 e. The van der Waals surface area contributed by atoms with Crippen molar-refractivity contribution in [2.75, 3.05) is 39.8 Å². The maximum absolute atomic E-state index is 12.4. The van der Waals surface area contributed by atoms with Crippen LogP contribution in [0.3, 0.4) is 0 Å². The number of methoxy groups -OCH3 is 1. The van der Waals surface area contributed by atoms with Crippen LogP contribution in [0.25, 0.3) is 0 Å². The van der Waals surface area contributed by atoms with E-state index in [1.165, 1.54) is 10.5 Å². The van der Waals surface area contributed by atoms with Crippen LogP contribution in [0, 0.1) is 12.3 Å². The fourth-order valence-electron chi connectivity index (χ4n) is 3.55. The van der Waals surface area contributed by atoms with Crippen LogP contribution in [0.4, 0.5) is 0 Å². The molecule has 0 radical (unpaired) electrons. The zero-order chi connectivity index (χ0) is 19.0. The van der Waals surface area contributed by atoms with Crippen LogP contribution < -0.4 is 19.9 Å². The zero-order valence-electron chi connectivity index (χ0n) is 16.4. The van der Waals surface area contributed by atoms with Crippen LogP contribution in [-0.4, -0.2) is 51.3 Å². The van der Waals surface area contributed by atoms with Gasteiger partial charge in [0.25, 0.3) is 5.91 Å². The number of ether oxygens (including phenoxy) is 1. The summed E-state index contributed by atoms with van der Waals surface area (Å²) in [5.74, 6) is 3.74. The van der Waals surface area contributed by atoms with E-state index in [0.717, 1.165) is 51.3 Å². The standard InChI is InChI=1S/C21H31N3O2/c1-5-21(6-2,7-3)22-20(25)17-24-14-12-23(13-15-24)16-18-8-10-19(26-4)11-9-18/h1,8-11H,6-7,12-17H2,2-4H3,(H,22,25)/p+2. The van der Waals surface area contributed by atoms with Crippen LogP contribution in [0.15, 0.2) is 24.3 Å². The molecule has 0 aliphatic carbocycles. The summed E-state index contributed by atoms with van der Waals surface area (Å²) in [5, 5.41) is 3.07. The predicted octanol–water partition coefficient (Wildman–Crippen LogP) is -0.713. The lowest BCUT2D eigenvalue weighted by molar-refractivity contribution is -1.02. The Labute approximate surface area is 157 Å². The third-order valence-corrected chi connectivity index (χ3v) is 5.55.